The van der Waals surface area contributed by atoms with Crippen LogP contribution in [0.4, 0.5) is 0 Å². The van der Waals surface area contributed by atoms with E-state index in [9.17, 15) is 9.90 Å². The van der Waals surface area contributed by atoms with Gasteiger partial charge in [0.05, 0.1) is 31.6 Å². The number of quaternary nitrogens is 2. The number of likely N-dealkylation sites (tertiary alicyclic amines) is 2. The first kappa shape index (κ1) is 14.5. The molecule has 2 saturated heterocycles. The maximum atomic E-state index is 11.2. The van der Waals surface area contributed by atoms with E-state index in [1.165, 1.54) is 10.5 Å². The summed E-state index contributed by atoms with van der Waals surface area (Å²) in [5.41, 5.74) is 1.40. The molecule has 0 aromatic heterocycles. The first-order valence-electron chi connectivity index (χ1n) is 8.18. The van der Waals surface area contributed by atoms with Gasteiger partial charge >= 0.3 is 0 Å². The second-order valence-electron chi connectivity index (χ2n) is 6.53. The zero-order valence-electron chi connectivity index (χ0n) is 12.5. The van der Waals surface area contributed by atoms with Crippen LogP contribution >= 0.6 is 0 Å². The SMILES string of the molecule is O=C([O-])[C@@H]1CCC[NH+]1C1CC[NH+](Cc2ccccc2)CC1. The number of hydrogen-bond donors (Lipinski definition) is 2. The number of carboxylic acid groups (broad SMARTS) is 1. The third-order valence-electron chi connectivity index (χ3n) is 5.20. The average Bonchev–Trinajstić information content (AvgIpc) is 2.99. The van der Waals surface area contributed by atoms with Crippen LogP contribution in [-0.2, 0) is 11.3 Å². The highest BCUT2D eigenvalue weighted by atomic mass is 16.4. The normalized spacial score (nSPS) is 33.0. The molecule has 4 heteroatoms. The molecule has 0 saturated carbocycles. The summed E-state index contributed by atoms with van der Waals surface area (Å²) in [7, 11) is 0. The van der Waals surface area contributed by atoms with E-state index in [-0.39, 0.29) is 6.04 Å². The fourth-order valence-corrected chi connectivity index (χ4v) is 4.09. The lowest BCUT2D eigenvalue weighted by molar-refractivity contribution is -0.966. The van der Waals surface area contributed by atoms with Gasteiger partial charge in [-0.05, 0) is 0 Å². The molecule has 1 unspecified atom stereocenters. The largest absolute Gasteiger partial charge is 0.544 e. The van der Waals surface area contributed by atoms with E-state index in [4.69, 9.17) is 0 Å². The molecular weight excluding hydrogens is 264 g/mol. The van der Waals surface area contributed by atoms with E-state index in [2.05, 4.69) is 30.3 Å². The standard InChI is InChI=1S/C17H24N2O2/c20-17(21)16-7-4-10-19(16)15-8-11-18(12-9-15)13-14-5-2-1-3-6-14/h1-3,5-6,15-16H,4,7-13H2,(H,20,21)/p+1/t16-/m0/s1. The lowest BCUT2D eigenvalue weighted by Gasteiger charge is -2.35. The molecule has 114 valence electrons. The summed E-state index contributed by atoms with van der Waals surface area (Å²) in [5, 5.41) is 11.2. The van der Waals surface area contributed by atoms with Crippen LogP contribution < -0.4 is 14.9 Å². The summed E-state index contributed by atoms with van der Waals surface area (Å²) in [6.45, 7) is 4.41. The third kappa shape index (κ3) is 3.44. The number of carbonyl (C=O) groups excluding carboxylic acids is 1. The topological polar surface area (TPSA) is 49.0 Å². The molecule has 4 nitrogen and oxygen atoms in total. The van der Waals surface area contributed by atoms with E-state index in [1.807, 2.05) is 0 Å². The molecular formula is C17H25N2O2+. The van der Waals surface area contributed by atoms with Gasteiger partial charge in [-0.3, -0.25) is 0 Å². The summed E-state index contributed by atoms with van der Waals surface area (Å²) >= 11 is 0. The van der Waals surface area contributed by atoms with Crippen LogP contribution in [0.1, 0.15) is 31.2 Å². The van der Waals surface area contributed by atoms with Crippen LogP contribution in [0.5, 0.6) is 0 Å². The molecule has 2 heterocycles. The first-order valence-corrected chi connectivity index (χ1v) is 8.18. The molecule has 1 aromatic rings. The number of piperidine rings is 1. The van der Waals surface area contributed by atoms with E-state index < -0.39 is 5.97 Å². The molecule has 2 aliphatic heterocycles. The Morgan fingerprint density at radius 1 is 1.10 bits per heavy atom. The quantitative estimate of drug-likeness (QED) is 0.676. The molecule has 2 atom stereocenters. The summed E-state index contributed by atoms with van der Waals surface area (Å²) in [6.07, 6.45) is 4.11. The fraction of sp³-hybridized carbons (Fsp3) is 0.588. The Balaban J connectivity index is 1.52. The molecule has 0 amide bonds. The Kier molecular flexibility index (Phi) is 4.56. The number of hydrogen-bond acceptors (Lipinski definition) is 2. The van der Waals surface area contributed by atoms with Crippen molar-refractivity contribution in [2.75, 3.05) is 19.6 Å². The molecule has 2 aliphatic rings. The van der Waals surface area contributed by atoms with Gasteiger partial charge in [-0.25, -0.2) is 0 Å². The van der Waals surface area contributed by atoms with Gasteiger partial charge in [0, 0.05) is 31.2 Å². The highest BCUT2D eigenvalue weighted by Crippen LogP contribution is 2.05. The number of nitrogens with one attached hydrogen (secondary N) is 2. The van der Waals surface area contributed by atoms with Gasteiger partial charge in [0.25, 0.3) is 0 Å². The Morgan fingerprint density at radius 2 is 1.81 bits per heavy atom. The van der Waals surface area contributed by atoms with Crippen LogP contribution in [0.25, 0.3) is 0 Å². The minimum atomic E-state index is -0.846. The molecule has 2 N–H and O–H groups in total. The molecule has 2 fully saturated rings. The summed E-state index contributed by atoms with van der Waals surface area (Å²) in [6, 6.07) is 10.9. The minimum Gasteiger partial charge on any atom is -0.544 e. The molecule has 1 aromatic carbocycles. The van der Waals surface area contributed by atoms with Gasteiger partial charge in [0.2, 0.25) is 0 Å². The summed E-state index contributed by atoms with van der Waals surface area (Å²) < 4.78 is 0. The van der Waals surface area contributed by atoms with Crippen molar-refractivity contribution in [3.05, 3.63) is 35.9 Å². The molecule has 0 radical (unpaired) electrons. The second kappa shape index (κ2) is 6.58. The summed E-state index contributed by atoms with van der Waals surface area (Å²) in [5.74, 6) is -0.846. The van der Waals surface area contributed by atoms with Gasteiger partial charge < -0.3 is 19.7 Å². The zero-order valence-corrected chi connectivity index (χ0v) is 12.5. The van der Waals surface area contributed by atoms with Gasteiger partial charge in [-0.1, -0.05) is 30.3 Å². The molecule has 0 bridgehead atoms. The van der Waals surface area contributed by atoms with Crippen LogP contribution in [0, 0.1) is 0 Å². The van der Waals surface area contributed by atoms with Crippen LogP contribution in [0.2, 0.25) is 0 Å². The Labute approximate surface area is 126 Å². The lowest BCUT2D eigenvalue weighted by Crippen LogP contribution is -3.22. The number of carbonyl (C=O) groups is 1. The van der Waals surface area contributed by atoms with Crippen LogP contribution in [0.15, 0.2) is 30.3 Å². The minimum absolute atomic E-state index is 0.259. The monoisotopic (exact) mass is 289 g/mol. The highest BCUT2D eigenvalue weighted by molar-refractivity contribution is 5.69. The van der Waals surface area contributed by atoms with Gasteiger partial charge in [-0.2, -0.15) is 0 Å². The van der Waals surface area contributed by atoms with Gasteiger partial charge in [0.1, 0.15) is 12.6 Å². The Hall–Kier alpha value is -1.39. The van der Waals surface area contributed by atoms with Crippen LogP contribution in [-0.4, -0.2) is 37.7 Å². The van der Waals surface area contributed by atoms with Gasteiger partial charge in [-0.15, -0.1) is 0 Å². The first-order chi connectivity index (χ1) is 10.2. The fourth-order valence-electron chi connectivity index (χ4n) is 4.09. The second-order valence-corrected chi connectivity index (χ2v) is 6.53. The average molecular weight is 289 g/mol. The van der Waals surface area contributed by atoms with E-state index in [0.717, 1.165) is 51.9 Å². The zero-order chi connectivity index (χ0) is 14.7. The van der Waals surface area contributed by atoms with E-state index in [0.29, 0.717) is 6.04 Å². The Morgan fingerprint density at radius 3 is 2.48 bits per heavy atom. The maximum absolute atomic E-state index is 11.2. The lowest BCUT2D eigenvalue weighted by atomic mass is 10.0. The van der Waals surface area contributed by atoms with Crippen LogP contribution in [0.3, 0.4) is 0 Å². The number of benzene rings is 1. The third-order valence-corrected chi connectivity index (χ3v) is 5.20. The van der Waals surface area contributed by atoms with Crippen molar-refractivity contribution in [3.8, 4) is 0 Å². The molecule has 3 rings (SSSR count). The smallest absolute Gasteiger partial charge is 0.128 e. The predicted octanol–water partition coefficient (Wildman–Crippen LogP) is -1.97. The van der Waals surface area contributed by atoms with Crippen molar-refractivity contribution >= 4 is 5.97 Å². The number of rotatable bonds is 4. The van der Waals surface area contributed by atoms with Crippen molar-refractivity contribution in [2.45, 2.75) is 44.3 Å². The Bertz CT molecular complexity index is 469. The van der Waals surface area contributed by atoms with Crippen molar-refractivity contribution in [2.24, 2.45) is 0 Å². The van der Waals surface area contributed by atoms with Crippen molar-refractivity contribution in [1.29, 1.82) is 0 Å². The maximum Gasteiger partial charge on any atom is 0.128 e. The highest BCUT2D eigenvalue weighted by Gasteiger charge is 2.38. The number of carboxylic acids is 1. The predicted molar refractivity (Wildman–Crippen MR) is 77.7 cm³/mol. The molecule has 0 aliphatic carbocycles. The molecule has 21 heavy (non-hydrogen) atoms. The number of aliphatic carboxylic acids is 1. The van der Waals surface area contributed by atoms with Crippen molar-refractivity contribution in [1.82, 2.24) is 0 Å². The molecule has 0 spiro atoms. The summed E-state index contributed by atoms with van der Waals surface area (Å²) in [4.78, 5) is 14.1. The van der Waals surface area contributed by atoms with E-state index >= 15 is 0 Å². The van der Waals surface area contributed by atoms with Crippen molar-refractivity contribution < 1.29 is 19.7 Å². The van der Waals surface area contributed by atoms with Gasteiger partial charge in [0.15, 0.2) is 0 Å². The van der Waals surface area contributed by atoms with Crippen molar-refractivity contribution in [3.63, 3.8) is 0 Å². The van der Waals surface area contributed by atoms with E-state index in [1.54, 1.807) is 4.90 Å².